The Hall–Kier alpha value is -6.70. The van der Waals surface area contributed by atoms with Crippen LogP contribution < -0.4 is 4.90 Å². The van der Waals surface area contributed by atoms with Crippen molar-refractivity contribution in [3.05, 3.63) is 263 Å². The number of benzene rings is 8. The van der Waals surface area contributed by atoms with Crippen LogP contribution in [0.4, 0.5) is 17.1 Å². The van der Waals surface area contributed by atoms with Crippen molar-refractivity contribution in [2.45, 2.75) is 17.3 Å². The van der Waals surface area contributed by atoms with E-state index in [-0.39, 0.29) is 5.41 Å². The Balaban J connectivity index is 1.24. The molecule has 0 aromatic heterocycles. The summed E-state index contributed by atoms with van der Waals surface area (Å²) in [5.41, 5.74) is 14.7. The number of para-hydroxylation sites is 1. The lowest BCUT2D eigenvalue weighted by Crippen LogP contribution is -2.46. The predicted molar refractivity (Wildman–Crippen MR) is 228 cm³/mol. The molecule has 11 rings (SSSR count). The maximum atomic E-state index is 2.46. The molecule has 8 aromatic rings. The van der Waals surface area contributed by atoms with E-state index in [1.807, 2.05) is 0 Å². The van der Waals surface area contributed by atoms with Crippen molar-refractivity contribution in [3.63, 3.8) is 0 Å². The summed E-state index contributed by atoms with van der Waals surface area (Å²) in [7, 11) is 0. The largest absolute Gasteiger partial charge is 0.310 e. The van der Waals surface area contributed by atoms with E-state index in [1.54, 1.807) is 0 Å². The molecule has 0 amide bonds. The first-order chi connectivity index (χ1) is 27.3. The summed E-state index contributed by atoms with van der Waals surface area (Å²) in [6, 6.07) is 74.8. The number of rotatable bonds is 6. The third kappa shape index (κ3) is 4.47. The topological polar surface area (TPSA) is 3.24 Å². The molecule has 1 nitrogen and oxygen atoms in total. The lowest BCUT2D eigenvalue weighted by atomic mass is 9.50. The zero-order chi connectivity index (χ0) is 36.4. The van der Waals surface area contributed by atoms with E-state index in [0.717, 1.165) is 23.5 Å². The molecule has 55 heavy (non-hydrogen) atoms. The third-order valence-electron chi connectivity index (χ3n) is 12.6. The average Bonchev–Trinajstić information content (AvgIpc) is 3.57. The molecule has 3 aliphatic rings. The van der Waals surface area contributed by atoms with Gasteiger partial charge in [-0.15, -0.1) is 0 Å². The summed E-state index contributed by atoms with van der Waals surface area (Å²) in [6.07, 6.45) is 8.03. The Bertz CT molecular complexity index is 2800. The minimum atomic E-state index is -0.593. The van der Waals surface area contributed by atoms with E-state index < -0.39 is 5.41 Å². The molecule has 0 heterocycles. The minimum Gasteiger partial charge on any atom is -0.310 e. The maximum absolute atomic E-state index is 2.46. The van der Waals surface area contributed by atoms with Gasteiger partial charge in [0.15, 0.2) is 0 Å². The summed E-state index contributed by atoms with van der Waals surface area (Å²) in [6.45, 7) is 0. The summed E-state index contributed by atoms with van der Waals surface area (Å²) in [5.74, 6) is 0.291. The van der Waals surface area contributed by atoms with Crippen LogP contribution in [0, 0.1) is 5.92 Å². The summed E-state index contributed by atoms with van der Waals surface area (Å²) < 4.78 is 0. The van der Waals surface area contributed by atoms with Crippen LogP contribution in [0.2, 0.25) is 0 Å². The summed E-state index contributed by atoms with van der Waals surface area (Å²) >= 11 is 0. The van der Waals surface area contributed by atoms with Gasteiger partial charge in [-0.2, -0.15) is 0 Å². The van der Waals surface area contributed by atoms with Crippen LogP contribution in [0.3, 0.4) is 0 Å². The SMILES string of the molecule is C1=CCC2C(=C1)c1cccc3c1C2(c1ccccc1)c1ccccc1C3(c1ccccc1)c1cccc(N(c2ccccc2)c2ccc3ccccc3c2)c1. The highest BCUT2D eigenvalue weighted by Crippen LogP contribution is 2.67. The zero-order valence-electron chi connectivity index (χ0n) is 30.5. The Kier molecular flexibility index (Phi) is 7.19. The van der Waals surface area contributed by atoms with E-state index in [2.05, 4.69) is 223 Å². The molecule has 3 atom stereocenters. The number of nitrogens with zero attached hydrogens (tertiary/aromatic N) is 1. The summed E-state index contributed by atoms with van der Waals surface area (Å²) in [4.78, 5) is 2.41. The quantitative estimate of drug-likeness (QED) is 0.167. The van der Waals surface area contributed by atoms with Gasteiger partial charge in [0, 0.05) is 23.0 Å². The second kappa shape index (κ2) is 12.4. The van der Waals surface area contributed by atoms with Gasteiger partial charge >= 0.3 is 0 Å². The molecule has 8 aromatic carbocycles. The van der Waals surface area contributed by atoms with Crippen molar-refractivity contribution < 1.29 is 0 Å². The van der Waals surface area contributed by atoms with Gasteiger partial charge < -0.3 is 4.90 Å². The van der Waals surface area contributed by atoms with Gasteiger partial charge in [-0.05, 0) is 104 Å². The number of allylic oxidation sites excluding steroid dienone is 4. The van der Waals surface area contributed by atoms with E-state index in [4.69, 9.17) is 0 Å². The molecular formula is C54H39N. The molecule has 0 aliphatic heterocycles. The van der Waals surface area contributed by atoms with E-state index in [1.165, 1.54) is 60.9 Å². The smallest absolute Gasteiger partial charge is 0.0708 e. The second-order valence-electron chi connectivity index (χ2n) is 15.2. The van der Waals surface area contributed by atoms with Crippen molar-refractivity contribution in [1.82, 2.24) is 0 Å². The lowest BCUT2D eigenvalue weighted by Gasteiger charge is -2.51. The molecule has 1 heteroatoms. The highest BCUT2D eigenvalue weighted by molar-refractivity contribution is 5.91. The molecule has 3 aliphatic carbocycles. The number of hydrogen-bond donors (Lipinski definition) is 0. The highest BCUT2D eigenvalue weighted by atomic mass is 15.1. The fraction of sp³-hybridized carbons (Fsp3) is 0.0741. The first-order valence-corrected chi connectivity index (χ1v) is 19.5. The number of hydrogen-bond acceptors (Lipinski definition) is 1. The Morgan fingerprint density at radius 3 is 1.84 bits per heavy atom. The molecule has 0 spiro atoms. The fourth-order valence-electron chi connectivity index (χ4n) is 10.5. The average molecular weight is 702 g/mol. The van der Waals surface area contributed by atoms with Gasteiger partial charge in [0.05, 0.1) is 10.8 Å². The van der Waals surface area contributed by atoms with Crippen molar-refractivity contribution in [2.24, 2.45) is 5.92 Å². The Morgan fingerprint density at radius 1 is 0.436 bits per heavy atom. The van der Waals surface area contributed by atoms with E-state index in [9.17, 15) is 0 Å². The first-order valence-electron chi connectivity index (χ1n) is 19.5. The molecule has 260 valence electrons. The minimum absolute atomic E-state index is 0.291. The molecular weight excluding hydrogens is 663 g/mol. The van der Waals surface area contributed by atoms with Crippen molar-refractivity contribution in [2.75, 3.05) is 4.90 Å². The highest BCUT2D eigenvalue weighted by Gasteiger charge is 2.60. The van der Waals surface area contributed by atoms with Crippen LogP contribution in [0.15, 0.2) is 218 Å². The molecule has 0 bridgehead atoms. The van der Waals surface area contributed by atoms with Gasteiger partial charge in [0.2, 0.25) is 0 Å². The molecule has 0 N–H and O–H groups in total. The molecule has 0 fully saturated rings. The monoisotopic (exact) mass is 701 g/mol. The molecule has 0 saturated carbocycles. The number of anilines is 3. The van der Waals surface area contributed by atoms with Crippen LogP contribution in [-0.2, 0) is 10.8 Å². The second-order valence-corrected chi connectivity index (χ2v) is 15.2. The van der Waals surface area contributed by atoms with Gasteiger partial charge in [0.1, 0.15) is 0 Å². The molecule has 3 unspecified atom stereocenters. The third-order valence-corrected chi connectivity index (χ3v) is 12.6. The standard InChI is InChI=1S/C54H39N/c1-4-20-40(21-5-1)53(42-24-16-27-44(37-42)55(43-25-8-3-9-26-43)45-35-34-38-18-10-11-19-39(38)36-45)49-31-14-15-32-50(49)54(41-22-6-2-7-23-41)48-30-13-12-28-46(48)47-29-17-33-51(53)52(47)54/h1-29,31-37,48H,30H2. The van der Waals surface area contributed by atoms with Crippen molar-refractivity contribution in [3.8, 4) is 0 Å². The van der Waals surface area contributed by atoms with Crippen molar-refractivity contribution in [1.29, 1.82) is 0 Å². The van der Waals surface area contributed by atoms with Crippen molar-refractivity contribution >= 4 is 33.4 Å². The van der Waals surface area contributed by atoms with Gasteiger partial charge in [-0.25, -0.2) is 0 Å². The van der Waals surface area contributed by atoms with Gasteiger partial charge in [-0.1, -0.05) is 182 Å². The Morgan fingerprint density at radius 2 is 1.04 bits per heavy atom. The van der Waals surface area contributed by atoms with Crippen LogP contribution >= 0.6 is 0 Å². The van der Waals surface area contributed by atoms with Crippen LogP contribution in [-0.4, -0.2) is 0 Å². The lowest BCUT2D eigenvalue weighted by molar-refractivity contribution is 0.454. The maximum Gasteiger partial charge on any atom is 0.0708 e. The Labute approximate surface area is 323 Å². The van der Waals surface area contributed by atoms with Gasteiger partial charge in [-0.3, -0.25) is 0 Å². The van der Waals surface area contributed by atoms with Crippen LogP contribution in [0.25, 0.3) is 16.3 Å². The molecule has 0 radical (unpaired) electrons. The summed E-state index contributed by atoms with van der Waals surface area (Å²) in [5, 5.41) is 2.46. The first kappa shape index (κ1) is 31.8. The normalized spacial score (nSPS) is 20.3. The number of fused-ring (bicyclic) bond motifs is 6. The molecule has 0 saturated heterocycles. The predicted octanol–water partition coefficient (Wildman–Crippen LogP) is 13.3. The van der Waals surface area contributed by atoms with Crippen LogP contribution in [0.5, 0.6) is 0 Å². The fourth-order valence-corrected chi connectivity index (χ4v) is 10.5. The van der Waals surface area contributed by atoms with E-state index in [0.29, 0.717) is 5.92 Å². The van der Waals surface area contributed by atoms with Gasteiger partial charge in [0.25, 0.3) is 0 Å². The van der Waals surface area contributed by atoms with E-state index >= 15 is 0 Å². The zero-order valence-corrected chi connectivity index (χ0v) is 30.5. The van der Waals surface area contributed by atoms with Crippen LogP contribution in [0.1, 0.15) is 50.9 Å².